The summed E-state index contributed by atoms with van der Waals surface area (Å²) in [4.78, 5) is 20.2. The van der Waals surface area contributed by atoms with Gasteiger partial charge in [-0.3, -0.25) is 9.78 Å². The Morgan fingerprint density at radius 2 is 2.14 bits per heavy atom. The molecule has 0 radical (unpaired) electrons. The summed E-state index contributed by atoms with van der Waals surface area (Å²) in [6.07, 6.45) is 5.66. The quantitative estimate of drug-likeness (QED) is 0.928. The second-order valence-corrected chi connectivity index (χ2v) is 4.68. The Bertz CT molecular complexity index is 613. The van der Waals surface area contributed by atoms with E-state index in [1.807, 2.05) is 0 Å². The van der Waals surface area contributed by atoms with E-state index >= 15 is 0 Å². The molecule has 2 aromatic rings. The number of amides is 1. The molecule has 6 heteroatoms. The highest BCUT2D eigenvalue weighted by Gasteiger charge is 2.18. The molecule has 1 unspecified atom stereocenters. The number of aromatic nitrogens is 2. The van der Waals surface area contributed by atoms with Gasteiger partial charge in [0.15, 0.2) is 0 Å². The van der Waals surface area contributed by atoms with Gasteiger partial charge in [0.2, 0.25) is 5.88 Å². The van der Waals surface area contributed by atoms with Crippen molar-refractivity contribution < 1.29 is 14.3 Å². The smallest absolute Gasteiger partial charge is 0.255 e. The third kappa shape index (κ3) is 3.55. The molecular weight excluding hydrogens is 270 g/mol. The van der Waals surface area contributed by atoms with Gasteiger partial charge in [-0.25, -0.2) is 4.98 Å². The molecule has 0 aliphatic carbocycles. The van der Waals surface area contributed by atoms with E-state index in [2.05, 4.69) is 15.3 Å². The fourth-order valence-corrected chi connectivity index (χ4v) is 2.03. The Morgan fingerprint density at radius 3 is 2.90 bits per heavy atom. The second kappa shape index (κ2) is 6.32. The lowest BCUT2D eigenvalue weighted by Crippen LogP contribution is -2.17. The maximum absolute atomic E-state index is 12.2. The van der Waals surface area contributed by atoms with E-state index < -0.39 is 0 Å². The van der Waals surface area contributed by atoms with Crippen LogP contribution in [0.3, 0.4) is 0 Å². The van der Waals surface area contributed by atoms with Crippen LogP contribution in [-0.2, 0) is 4.74 Å². The SMILES string of the molecule is O=C(Nc1ccncc1)c1ccnc(OC2CCOC2)c1. The van der Waals surface area contributed by atoms with Gasteiger partial charge < -0.3 is 14.8 Å². The van der Waals surface area contributed by atoms with Crippen molar-refractivity contribution in [2.45, 2.75) is 12.5 Å². The summed E-state index contributed by atoms with van der Waals surface area (Å²) in [7, 11) is 0. The molecule has 0 spiro atoms. The number of ether oxygens (including phenoxy) is 2. The number of hydrogen-bond acceptors (Lipinski definition) is 5. The van der Waals surface area contributed by atoms with Crippen molar-refractivity contribution in [3.8, 4) is 5.88 Å². The number of hydrogen-bond donors (Lipinski definition) is 1. The van der Waals surface area contributed by atoms with Gasteiger partial charge in [0.1, 0.15) is 6.10 Å². The summed E-state index contributed by atoms with van der Waals surface area (Å²) in [5.41, 5.74) is 1.19. The van der Waals surface area contributed by atoms with Crippen molar-refractivity contribution in [1.82, 2.24) is 9.97 Å². The van der Waals surface area contributed by atoms with Gasteiger partial charge in [-0.2, -0.15) is 0 Å². The Hall–Kier alpha value is -2.47. The molecular formula is C15H15N3O3. The lowest BCUT2D eigenvalue weighted by molar-refractivity contribution is 0.102. The Morgan fingerprint density at radius 1 is 1.29 bits per heavy atom. The molecule has 108 valence electrons. The molecule has 21 heavy (non-hydrogen) atoms. The standard InChI is InChI=1S/C15H15N3O3/c19-15(18-12-2-5-16-6-3-12)11-1-7-17-14(9-11)21-13-4-8-20-10-13/h1-3,5-7,9,13H,4,8,10H2,(H,16,18,19). The molecule has 1 amide bonds. The molecule has 1 N–H and O–H groups in total. The number of nitrogens with zero attached hydrogens (tertiary/aromatic N) is 2. The van der Waals surface area contributed by atoms with Crippen LogP contribution >= 0.6 is 0 Å². The number of anilines is 1. The van der Waals surface area contributed by atoms with E-state index in [1.54, 1.807) is 42.9 Å². The monoisotopic (exact) mass is 285 g/mol. The fraction of sp³-hybridized carbons (Fsp3) is 0.267. The fourth-order valence-electron chi connectivity index (χ4n) is 2.03. The molecule has 1 fully saturated rings. The van der Waals surface area contributed by atoms with Crippen LogP contribution in [0.1, 0.15) is 16.8 Å². The van der Waals surface area contributed by atoms with E-state index in [0.29, 0.717) is 30.3 Å². The minimum atomic E-state index is -0.212. The first kappa shape index (κ1) is 13.5. The predicted molar refractivity (Wildman–Crippen MR) is 76.3 cm³/mol. The van der Waals surface area contributed by atoms with Crippen molar-refractivity contribution in [3.63, 3.8) is 0 Å². The lowest BCUT2D eigenvalue weighted by atomic mass is 10.2. The van der Waals surface area contributed by atoms with Crippen LogP contribution in [0.5, 0.6) is 5.88 Å². The van der Waals surface area contributed by atoms with E-state index in [4.69, 9.17) is 9.47 Å². The van der Waals surface area contributed by atoms with Gasteiger partial charge in [0, 0.05) is 42.3 Å². The Balaban J connectivity index is 1.68. The van der Waals surface area contributed by atoms with Gasteiger partial charge in [-0.05, 0) is 18.2 Å². The molecule has 1 saturated heterocycles. The van der Waals surface area contributed by atoms with Crippen LogP contribution in [-0.4, -0.2) is 35.2 Å². The highest BCUT2D eigenvalue weighted by atomic mass is 16.5. The number of carbonyl (C=O) groups is 1. The minimum Gasteiger partial charge on any atom is -0.472 e. The van der Waals surface area contributed by atoms with Gasteiger partial charge in [0.25, 0.3) is 5.91 Å². The van der Waals surface area contributed by atoms with E-state index in [1.165, 1.54) is 0 Å². The first-order valence-corrected chi connectivity index (χ1v) is 6.73. The molecule has 0 bridgehead atoms. The number of nitrogens with one attached hydrogen (secondary N) is 1. The zero-order valence-electron chi connectivity index (χ0n) is 11.4. The van der Waals surface area contributed by atoms with Gasteiger partial charge in [-0.15, -0.1) is 0 Å². The zero-order valence-corrected chi connectivity index (χ0v) is 11.4. The highest BCUT2D eigenvalue weighted by molar-refractivity contribution is 6.04. The van der Waals surface area contributed by atoms with Crippen LogP contribution in [0, 0.1) is 0 Å². The molecule has 1 aliphatic rings. The van der Waals surface area contributed by atoms with Crippen LogP contribution in [0.15, 0.2) is 42.9 Å². The normalized spacial score (nSPS) is 17.4. The molecule has 1 aliphatic heterocycles. The predicted octanol–water partition coefficient (Wildman–Crippen LogP) is 1.90. The van der Waals surface area contributed by atoms with Crippen molar-refractivity contribution >= 4 is 11.6 Å². The Kier molecular flexibility index (Phi) is 4.07. The van der Waals surface area contributed by atoms with Crippen molar-refractivity contribution in [1.29, 1.82) is 0 Å². The molecule has 0 aromatic carbocycles. The van der Waals surface area contributed by atoms with Crippen molar-refractivity contribution in [3.05, 3.63) is 48.4 Å². The maximum Gasteiger partial charge on any atom is 0.255 e. The summed E-state index contributed by atoms with van der Waals surface area (Å²) < 4.78 is 10.9. The van der Waals surface area contributed by atoms with E-state index in [9.17, 15) is 4.79 Å². The molecule has 6 nitrogen and oxygen atoms in total. The Labute approximate surface area is 122 Å². The summed E-state index contributed by atoms with van der Waals surface area (Å²) in [5.74, 6) is 0.226. The third-order valence-electron chi connectivity index (χ3n) is 3.11. The largest absolute Gasteiger partial charge is 0.472 e. The summed E-state index contributed by atoms with van der Waals surface area (Å²) in [5, 5.41) is 2.79. The summed E-state index contributed by atoms with van der Waals surface area (Å²) in [6.45, 7) is 1.27. The molecule has 3 rings (SSSR count). The van der Waals surface area contributed by atoms with Crippen LogP contribution in [0.2, 0.25) is 0 Å². The third-order valence-corrected chi connectivity index (χ3v) is 3.11. The topological polar surface area (TPSA) is 73.3 Å². The second-order valence-electron chi connectivity index (χ2n) is 4.68. The molecule has 1 atom stereocenters. The lowest BCUT2D eigenvalue weighted by Gasteiger charge is -2.11. The number of rotatable bonds is 4. The first-order chi connectivity index (χ1) is 10.3. The summed E-state index contributed by atoms with van der Waals surface area (Å²) >= 11 is 0. The summed E-state index contributed by atoms with van der Waals surface area (Å²) in [6, 6.07) is 6.74. The molecule has 3 heterocycles. The molecule has 0 saturated carbocycles. The van der Waals surface area contributed by atoms with Crippen molar-refractivity contribution in [2.24, 2.45) is 0 Å². The van der Waals surface area contributed by atoms with Crippen molar-refractivity contribution in [2.75, 3.05) is 18.5 Å². The van der Waals surface area contributed by atoms with Crippen LogP contribution in [0.4, 0.5) is 5.69 Å². The van der Waals surface area contributed by atoms with E-state index in [-0.39, 0.29) is 12.0 Å². The van der Waals surface area contributed by atoms with Gasteiger partial charge in [-0.1, -0.05) is 0 Å². The van der Waals surface area contributed by atoms with Crippen LogP contribution in [0.25, 0.3) is 0 Å². The highest BCUT2D eigenvalue weighted by Crippen LogP contribution is 2.16. The maximum atomic E-state index is 12.2. The first-order valence-electron chi connectivity index (χ1n) is 6.73. The number of carbonyl (C=O) groups excluding carboxylic acids is 1. The van der Waals surface area contributed by atoms with Gasteiger partial charge in [0.05, 0.1) is 13.2 Å². The molecule has 2 aromatic heterocycles. The van der Waals surface area contributed by atoms with E-state index in [0.717, 1.165) is 6.42 Å². The zero-order chi connectivity index (χ0) is 14.5. The van der Waals surface area contributed by atoms with Crippen LogP contribution < -0.4 is 10.1 Å². The average Bonchev–Trinajstić information content (AvgIpc) is 3.01. The minimum absolute atomic E-state index is 0.0102. The number of pyridine rings is 2. The average molecular weight is 285 g/mol. The van der Waals surface area contributed by atoms with Gasteiger partial charge >= 0.3 is 0 Å².